The van der Waals surface area contributed by atoms with Crippen LogP contribution in [0.15, 0.2) is 47.4 Å². The van der Waals surface area contributed by atoms with Gasteiger partial charge in [-0.25, -0.2) is 4.68 Å². The van der Waals surface area contributed by atoms with Crippen LogP contribution in [0.25, 0.3) is 16.9 Å². The summed E-state index contributed by atoms with van der Waals surface area (Å²) in [6.07, 6.45) is 3.10. The highest BCUT2D eigenvalue weighted by molar-refractivity contribution is 7.98. The number of rotatable bonds is 3. The Kier molecular flexibility index (Phi) is 4.02. The first-order valence-electron chi connectivity index (χ1n) is 7.94. The number of aromatic nitrogens is 2. The maximum Gasteiger partial charge on any atom is 0.133 e. The molecule has 2 aromatic carbocycles. The fourth-order valence-electron chi connectivity index (χ4n) is 3.22. The summed E-state index contributed by atoms with van der Waals surface area (Å²) >= 11 is 7.98. The van der Waals surface area contributed by atoms with Gasteiger partial charge in [0.25, 0.3) is 0 Å². The molecule has 1 aromatic heterocycles. The van der Waals surface area contributed by atoms with E-state index in [2.05, 4.69) is 42.8 Å². The molecule has 1 N–H and O–H groups in total. The second kappa shape index (κ2) is 6.19. The number of nitrogens with one attached hydrogen (secondary N) is 1. The van der Waals surface area contributed by atoms with Crippen molar-refractivity contribution in [2.75, 3.05) is 18.1 Å². The molecule has 0 unspecified atom stereocenters. The number of aryl methyl sites for hydroxylation is 1. The Bertz CT molecular complexity index is 917. The molecule has 1 aliphatic heterocycles. The fourth-order valence-corrected chi connectivity index (χ4v) is 3.98. The Labute approximate surface area is 151 Å². The molecule has 0 radical (unpaired) electrons. The van der Waals surface area contributed by atoms with E-state index in [1.54, 1.807) is 11.8 Å². The van der Waals surface area contributed by atoms with Crippen LogP contribution in [0.2, 0.25) is 5.02 Å². The van der Waals surface area contributed by atoms with Crippen LogP contribution in [0.5, 0.6) is 0 Å². The molecular formula is C19H18ClN3S. The highest BCUT2D eigenvalue weighted by Crippen LogP contribution is 2.38. The monoisotopic (exact) mass is 355 g/mol. The minimum Gasteiger partial charge on any atom is -0.369 e. The zero-order chi connectivity index (χ0) is 16.7. The molecule has 4 rings (SSSR count). The number of halogens is 1. The second-order valence-electron chi connectivity index (χ2n) is 5.90. The first-order chi connectivity index (χ1) is 11.7. The number of anilines is 1. The molecule has 0 amide bonds. The maximum atomic E-state index is 6.22. The van der Waals surface area contributed by atoms with Crippen LogP contribution < -0.4 is 5.32 Å². The lowest BCUT2D eigenvalue weighted by Crippen LogP contribution is -2.05. The van der Waals surface area contributed by atoms with Crippen molar-refractivity contribution in [3.8, 4) is 16.9 Å². The van der Waals surface area contributed by atoms with E-state index >= 15 is 0 Å². The van der Waals surface area contributed by atoms with Gasteiger partial charge in [-0.1, -0.05) is 35.9 Å². The van der Waals surface area contributed by atoms with Crippen molar-refractivity contribution in [1.82, 2.24) is 9.78 Å². The first-order valence-corrected chi connectivity index (χ1v) is 9.55. The molecular weight excluding hydrogens is 338 g/mol. The van der Waals surface area contributed by atoms with Gasteiger partial charge in [-0.2, -0.15) is 5.10 Å². The lowest BCUT2D eigenvalue weighted by Gasteiger charge is -2.10. The van der Waals surface area contributed by atoms with Crippen LogP contribution in [0.1, 0.15) is 11.1 Å². The van der Waals surface area contributed by atoms with Gasteiger partial charge in [-0.3, -0.25) is 0 Å². The summed E-state index contributed by atoms with van der Waals surface area (Å²) in [4.78, 5) is 1.25. The highest BCUT2D eigenvalue weighted by atomic mass is 35.5. The van der Waals surface area contributed by atoms with Gasteiger partial charge in [0.2, 0.25) is 0 Å². The van der Waals surface area contributed by atoms with Crippen molar-refractivity contribution < 1.29 is 0 Å². The van der Waals surface area contributed by atoms with Crippen LogP contribution in [0.4, 0.5) is 5.82 Å². The Morgan fingerprint density at radius 2 is 2.04 bits per heavy atom. The third-order valence-corrected chi connectivity index (χ3v) is 5.44. The Balaban J connectivity index is 1.94. The van der Waals surface area contributed by atoms with Crippen molar-refractivity contribution in [2.45, 2.75) is 18.2 Å². The van der Waals surface area contributed by atoms with E-state index in [4.69, 9.17) is 16.7 Å². The van der Waals surface area contributed by atoms with Crippen LogP contribution in [-0.2, 0) is 6.42 Å². The van der Waals surface area contributed by atoms with E-state index in [1.165, 1.54) is 16.0 Å². The first kappa shape index (κ1) is 15.6. The smallest absolute Gasteiger partial charge is 0.133 e. The van der Waals surface area contributed by atoms with E-state index in [0.717, 1.165) is 40.8 Å². The molecule has 0 spiro atoms. The highest BCUT2D eigenvalue weighted by Gasteiger charge is 2.25. The van der Waals surface area contributed by atoms with Crippen LogP contribution in [0.3, 0.4) is 0 Å². The van der Waals surface area contributed by atoms with Gasteiger partial charge in [-0.15, -0.1) is 11.8 Å². The molecule has 0 saturated heterocycles. The third kappa shape index (κ3) is 2.50. The van der Waals surface area contributed by atoms with Crippen molar-refractivity contribution in [2.24, 2.45) is 0 Å². The molecule has 0 atom stereocenters. The average molecular weight is 356 g/mol. The topological polar surface area (TPSA) is 29.9 Å². The number of hydrogen-bond donors (Lipinski definition) is 1. The normalized spacial score (nSPS) is 13.0. The fraction of sp³-hybridized carbons (Fsp3) is 0.211. The van der Waals surface area contributed by atoms with Crippen molar-refractivity contribution >= 4 is 29.2 Å². The van der Waals surface area contributed by atoms with Gasteiger partial charge in [0, 0.05) is 27.6 Å². The van der Waals surface area contributed by atoms with Crippen molar-refractivity contribution in [1.29, 1.82) is 0 Å². The summed E-state index contributed by atoms with van der Waals surface area (Å²) in [6.45, 7) is 3.03. The summed E-state index contributed by atoms with van der Waals surface area (Å²) < 4.78 is 2.01. The molecule has 2 heterocycles. The quantitative estimate of drug-likeness (QED) is 0.655. The maximum absolute atomic E-state index is 6.22. The molecule has 5 heteroatoms. The third-order valence-electron chi connectivity index (χ3n) is 4.41. The number of benzene rings is 2. The molecule has 1 aliphatic rings. The average Bonchev–Trinajstić information content (AvgIpc) is 3.19. The van der Waals surface area contributed by atoms with Crippen LogP contribution >= 0.6 is 23.4 Å². The predicted molar refractivity (Wildman–Crippen MR) is 103 cm³/mol. The zero-order valence-electron chi connectivity index (χ0n) is 13.6. The van der Waals surface area contributed by atoms with Gasteiger partial charge in [0.05, 0.1) is 11.4 Å². The van der Waals surface area contributed by atoms with Gasteiger partial charge in [0.1, 0.15) is 5.82 Å². The predicted octanol–water partition coefficient (Wildman–Crippen LogP) is 5.19. The summed E-state index contributed by atoms with van der Waals surface area (Å²) in [5.74, 6) is 1.09. The summed E-state index contributed by atoms with van der Waals surface area (Å²) in [6, 6.07) is 14.4. The summed E-state index contributed by atoms with van der Waals surface area (Å²) in [5.41, 5.74) is 5.74. The number of hydrogen-bond acceptors (Lipinski definition) is 3. The van der Waals surface area contributed by atoms with Crippen LogP contribution in [-0.4, -0.2) is 22.6 Å². The summed E-state index contributed by atoms with van der Waals surface area (Å²) in [5, 5.41) is 9.18. The minimum atomic E-state index is 0.726. The van der Waals surface area contributed by atoms with E-state index < -0.39 is 0 Å². The second-order valence-corrected chi connectivity index (χ2v) is 7.18. The van der Waals surface area contributed by atoms with Crippen LogP contribution in [0, 0.1) is 6.92 Å². The van der Waals surface area contributed by atoms with Gasteiger partial charge in [-0.05, 0) is 43.4 Å². The Hall–Kier alpha value is -1.91. The largest absolute Gasteiger partial charge is 0.369 e. The number of fused-ring (bicyclic) bond motifs is 1. The van der Waals surface area contributed by atoms with Gasteiger partial charge in [0.15, 0.2) is 0 Å². The number of nitrogens with zero attached hydrogens (tertiary/aromatic N) is 2. The molecule has 0 fully saturated rings. The van der Waals surface area contributed by atoms with E-state index in [9.17, 15) is 0 Å². The van der Waals surface area contributed by atoms with Crippen molar-refractivity contribution in [3.63, 3.8) is 0 Å². The Morgan fingerprint density at radius 3 is 2.88 bits per heavy atom. The molecule has 3 nitrogen and oxygen atoms in total. The number of thioether (sulfide) groups is 1. The molecule has 24 heavy (non-hydrogen) atoms. The van der Waals surface area contributed by atoms with E-state index in [1.807, 2.05) is 22.9 Å². The molecule has 3 aromatic rings. The molecule has 0 saturated carbocycles. The van der Waals surface area contributed by atoms with Gasteiger partial charge < -0.3 is 5.32 Å². The lowest BCUT2D eigenvalue weighted by molar-refractivity contribution is 0.874. The minimum absolute atomic E-state index is 0.726. The SMILES string of the molecule is CSc1ccccc1-c1nn(-c2cc(Cl)ccc2C)c2c1CCN2. The van der Waals surface area contributed by atoms with Gasteiger partial charge >= 0.3 is 0 Å². The molecule has 0 aliphatic carbocycles. The van der Waals surface area contributed by atoms with Crippen molar-refractivity contribution in [3.05, 3.63) is 58.6 Å². The van der Waals surface area contributed by atoms with E-state index in [-0.39, 0.29) is 0 Å². The lowest BCUT2D eigenvalue weighted by atomic mass is 10.1. The zero-order valence-corrected chi connectivity index (χ0v) is 15.2. The van der Waals surface area contributed by atoms with E-state index in [0.29, 0.717) is 0 Å². The molecule has 0 bridgehead atoms. The summed E-state index contributed by atoms with van der Waals surface area (Å²) in [7, 11) is 0. The Morgan fingerprint density at radius 1 is 1.21 bits per heavy atom. The standard InChI is InChI=1S/C19H18ClN3S/c1-12-7-8-13(20)11-16(12)23-19-15(9-10-21-19)18(22-23)14-5-3-4-6-17(14)24-2/h3-8,11,21H,9-10H2,1-2H3. The molecule has 122 valence electrons.